The summed E-state index contributed by atoms with van der Waals surface area (Å²) in [5, 5.41) is 9.35. The van der Waals surface area contributed by atoms with E-state index in [0.29, 0.717) is 5.56 Å². The maximum atomic E-state index is 11.8. The number of rotatable bonds is 7. The number of aromatic amines is 1. The molecule has 2 aromatic rings. The Labute approximate surface area is 128 Å². The van der Waals surface area contributed by atoms with Gasteiger partial charge in [0.1, 0.15) is 6.61 Å². The average Bonchev–Trinajstić information content (AvgIpc) is 3.01. The molecular weight excluding hydrogens is 284 g/mol. The molecule has 0 fully saturated rings. The number of carbonyl (C=O) groups excluding carboxylic acids is 2. The van der Waals surface area contributed by atoms with Crippen molar-refractivity contribution in [1.29, 1.82) is 0 Å². The van der Waals surface area contributed by atoms with Gasteiger partial charge in [-0.15, -0.1) is 0 Å². The minimum Gasteiger partial charge on any atom is -0.459 e. The molecule has 0 saturated carbocycles. The van der Waals surface area contributed by atoms with Crippen LogP contribution in [0.3, 0.4) is 0 Å². The topological polar surface area (TPSA) is 97.0 Å². The molecular formula is C15H18N4O3. The molecule has 0 unspecified atom stereocenters. The van der Waals surface area contributed by atoms with Gasteiger partial charge in [0.05, 0.1) is 6.54 Å². The van der Waals surface area contributed by atoms with Gasteiger partial charge in [0.25, 0.3) is 5.91 Å². The van der Waals surface area contributed by atoms with Crippen molar-refractivity contribution in [1.82, 2.24) is 20.5 Å². The SMILES string of the molecule is CCCc1cc(C(=O)OCCNC(=O)c2ccncc2)n[nH]1. The van der Waals surface area contributed by atoms with Crippen LogP contribution >= 0.6 is 0 Å². The lowest BCUT2D eigenvalue weighted by atomic mass is 10.2. The highest BCUT2D eigenvalue weighted by molar-refractivity contribution is 5.94. The maximum absolute atomic E-state index is 11.8. The monoisotopic (exact) mass is 302 g/mol. The van der Waals surface area contributed by atoms with Gasteiger partial charge in [0, 0.05) is 23.7 Å². The maximum Gasteiger partial charge on any atom is 0.358 e. The summed E-state index contributed by atoms with van der Waals surface area (Å²) >= 11 is 0. The molecule has 2 rings (SSSR count). The van der Waals surface area contributed by atoms with E-state index in [9.17, 15) is 9.59 Å². The van der Waals surface area contributed by atoms with Crippen molar-refractivity contribution in [2.75, 3.05) is 13.2 Å². The number of H-pyrrole nitrogens is 1. The lowest BCUT2D eigenvalue weighted by Gasteiger charge is -2.05. The van der Waals surface area contributed by atoms with Crippen molar-refractivity contribution in [2.45, 2.75) is 19.8 Å². The van der Waals surface area contributed by atoms with Crippen LogP contribution in [0.25, 0.3) is 0 Å². The number of carbonyl (C=O) groups is 2. The number of nitrogens with one attached hydrogen (secondary N) is 2. The Morgan fingerprint density at radius 3 is 2.82 bits per heavy atom. The number of hydrogen-bond donors (Lipinski definition) is 2. The molecule has 22 heavy (non-hydrogen) atoms. The summed E-state index contributed by atoms with van der Waals surface area (Å²) in [4.78, 5) is 27.3. The summed E-state index contributed by atoms with van der Waals surface area (Å²) in [7, 11) is 0. The van der Waals surface area contributed by atoms with Crippen LogP contribution in [-0.2, 0) is 11.2 Å². The third-order valence-electron chi connectivity index (χ3n) is 2.92. The fourth-order valence-electron chi connectivity index (χ4n) is 1.85. The van der Waals surface area contributed by atoms with Crippen molar-refractivity contribution in [2.24, 2.45) is 0 Å². The van der Waals surface area contributed by atoms with E-state index in [2.05, 4.69) is 20.5 Å². The molecule has 0 bridgehead atoms. The first-order chi connectivity index (χ1) is 10.7. The molecule has 0 aliphatic rings. The number of pyridine rings is 1. The molecule has 0 aromatic carbocycles. The molecule has 116 valence electrons. The Kier molecular flexibility index (Phi) is 5.65. The first kappa shape index (κ1) is 15.7. The number of nitrogens with zero attached hydrogens (tertiary/aromatic N) is 2. The highest BCUT2D eigenvalue weighted by Crippen LogP contribution is 2.04. The number of ether oxygens (including phenoxy) is 1. The van der Waals surface area contributed by atoms with Crippen LogP contribution < -0.4 is 5.32 Å². The third kappa shape index (κ3) is 4.41. The largest absolute Gasteiger partial charge is 0.459 e. The zero-order valence-corrected chi connectivity index (χ0v) is 12.3. The second kappa shape index (κ2) is 7.92. The lowest BCUT2D eigenvalue weighted by molar-refractivity contribution is 0.0496. The van der Waals surface area contributed by atoms with Crippen molar-refractivity contribution in [3.63, 3.8) is 0 Å². The van der Waals surface area contributed by atoms with E-state index in [-0.39, 0.29) is 24.8 Å². The van der Waals surface area contributed by atoms with Crippen LogP contribution in [-0.4, -0.2) is 40.2 Å². The Morgan fingerprint density at radius 1 is 1.32 bits per heavy atom. The number of hydrogen-bond acceptors (Lipinski definition) is 5. The van der Waals surface area contributed by atoms with Gasteiger partial charge >= 0.3 is 5.97 Å². The van der Waals surface area contributed by atoms with E-state index in [1.165, 1.54) is 0 Å². The van der Waals surface area contributed by atoms with Gasteiger partial charge in [-0.05, 0) is 24.6 Å². The van der Waals surface area contributed by atoms with E-state index in [1.807, 2.05) is 6.92 Å². The first-order valence-electron chi connectivity index (χ1n) is 7.10. The fourth-order valence-corrected chi connectivity index (χ4v) is 1.85. The van der Waals surface area contributed by atoms with Gasteiger partial charge < -0.3 is 10.1 Å². The van der Waals surface area contributed by atoms with E-state index in [1.54, 1.807) is 30.6 Å². The number of aromatic nitrogens is 3. The summed E-state index contributed by atoms with van der Waals surface area (Å²) in [6.45, 7) is 2.37. The lowest BCUT2D eigenvalue weighted by Crippen LogP contribution is -2.28. The van der Waals surface area contributed by atoms with Crippen LogP contribution in [0.2, 0.25) is 0 Å². The summed E-state index contributed by atoms with van der Waals surface area (Å²) in [5.41, 5.74) is 1.67. The van der Waals surface area contributed by atoms with Crippen molar-refractivity contribution < 1.29 is 14.3 Å². The van der Waals surface area contributed by atoms with Crippen molar-refractivity contribution in [3.05, 3.63) is 47.5 Å². The number of aryl methyl sites for hydroxylation is 1. The molecule has 0 radical (unpaired) electrons. The van der Waals surface area contributed by atoms with Gasteiger partial charge in [0.2, 0.25) is 0 Å². The zero-order valence-electron chi connectivity index (χ0n) is 12.3. The van der Waals surface area contributed by atoms with Gasteiger partial charge in [-0.25, -0.2) is 4.79 Å². The van der Waals surface area contributed by atoms with E-state index < -0.39 is 5.97 Å². The predicted molar refractivity (Wildman–Crippen MR) is 79.4 cm³/mol. The van der Waals surface area contributed by atoms with Crippen LogP contribution in [0.15, 0.2) is 30.6 Å². The standard InChI is InChI=1S/C15H18N4O3/c1-2-3-12-10-13(19-18-12)15(21)22-9-8-17-14(20)11-4-6-16-7-5-11/h4-7,10H,2-3,8-9H2,1H3,(H,17,20)(H,18,19). The van der Waals surface area contributed by atoms with E-state index in [0.717, 1.165) is 18.5 Å². The van der Waals surface area contributed by atoms with E-state index in [4.69, 9.17) is 4.74 Å². The molecule has 7 heteroatoms. The predicted octanol–water partition coefficient (Wildman–Crippen LogP) is 1.34. The second-order valence-electron chi connectivity index (χ2n) is 4.66. The minimum absolute atomic E-state index is 0.0889. The second-order valence-corrected chi connectivity index (χ2v) is 4.66. The molecule has 0 aliphatic heterocycles. The molecule has 0 saturated heterocycles. The number of esters is 1. The van der Waals surface area contributed by atoms with Crippen LogP contribution in [0.5, 0.6) is 0 Å². The minimum atomic E-state index is -0.503. The molecule has 2 N–H and O–H groups in total. The summed E-state index contributed by atoms with van der Waals surface area (Å²) < 4.78 is 5.06. The molecule has 1 amide bonds. The Bertz CT molecular complexity index is 625. The Morgan fingerprint density at radius 2 is 2.09 bits per heavy atom. The van der Waals surface area contributed by atoms with Gasteiger partial charge in [-0.1, -0.05) is 13.3 Å². The zero-order chi connectivity index (χ0) is 15.8. The molecule has 7 nitrogen and oxygen atoms in total. The molecule has 0 aliphatic carbocycles. The molecule has 2 aromatic heterocycles. The Balaban J connectivity index is 1.71. The summed E-state index contributed by atoms with van der Waals surface area (Å²) in [6, 6.07) is 4.90. The van der Waals surface area contributed by atoms with Crippen molar-refractivity contribution in [3.8, 4) is 0 Å². The van der Waals surface area contributed by atoms with Gasteiger partial charge in [-0.2, -0.15) is 5.10 Å². The molecule has 0 atom stereocenters. The molecule has 0 spiro atoms. The molecule has 2 heterocycles. The number of amides is 1. The van der Waals surface area contributed by atoms with E-state index >= 15 is 0 Å². The summed E-state index contributed by atoms with van der Waals surface area (Å²) in [5.74, 6) is -0.736. The van der Waals surface area contributed by atoms with Crippen LogP contribution in [0.1, 0.15) is 39.9 Å². The van der Waals surface area contributed by atoms with Gasteiger partial charge in [0.15, 0.2) is 5.69 Å². The van der Waals surface area contributed by atoms with Crippen LogP contribution in [0.4, 0.5) is 0 Å². The highest BCUT2D eigenvalue weighted by atomic mass is 16.5. The van der Waals surface area contributed by atoms with Crippen LogP contribution in [0, 0.1) is 0 Å². The smallest absolute Gasteiger partial charge is 0.358 e. The highest BCUT2D eigenvalue weighted by Gasteiger charge is 2.12. The van der Waals surface area contributed by atoms with Gasteiger partial charge in [-0.3, -0.25) is 14.9 Å². The fraction of sp³-hybridized carbons (Fsp3) is 0.333. The summed E-state index contributed by atoms with van der Waals surface area (Å²) in [6.07, 6.45) is 4.89. The first-order valence-corrected chi connectivity index (χ1v) is 7.10. The third-order valence-corrected chi connectivity index (χ3v) is 2.92. The normalized spacial score (nSPS) is 10.2. The van der Waals surface area contributed by atoms with Crippen molar-refractivity contribution >= 4 is 11.9 Å². The quantitative estimate of drug-likeness (QED) is 0.594. The Hall–Kier alpha value is -2.70. The average molecular weight is 302 g/mol.